The van der Waals surface area contributed by atoms with Crippen LogP contribution in [0.15, 0.2) is 28.4 Å². The first-order valence-corrected chi connectivity index (χ1v) is 6.97. The van der Waals surface area contributed by atoms with Crippen molar-refractivity contribution in [1.82, 2.24) is 0 Å². The van der Waals surface area contributed by atoms with E-state index >= 15 is 0 Å². The van der Waals surface area contributed by atoms with Gasteiger partial charge in [-0.2, -0.15) is 5.11 Å². The van der Waals surface area contributed by atoms with Gasteiger partial charge in [-0.1, -0.05) is 0 Å². The van der Waals surface area contributed by atoms with Crippen molar-refractivity contribution in [2.24, 2.45) is 10.2 Å². The molecular weight excluding hydrogens is 306 g/mol. The monoisotopic (exact) mass is 325 g/mol. The average molecular weight is 325 g/mol. The van der Waals surface area contributed by atoms with Gasteiger partial charge in [-0.15, -0.1) is 5.11 Å². The standard InChI is InChI=1S/C14H19N3O6/c1-4-22-14(18)10(2)15-16-12-6-5-11(23-8-7-21-3)9-13(12)17(19)20/h5-6,9-10H,4,7-8H2,1-3H3. The first-order valence-electron chi connectivity index (χ1n) is 6.97. The van der Waals surface area contributed by atoms with Crippen molar-refractivity contribution in [3.63, 3.8) is 0 Å². The summed E-state index contributed by atoms with van der Waals surface area (Å²) in [6, 6.07) is 3.35. The third-order valence-electron chi connectivity index (χ3n) is 2.67. The Morgan fingerprint density at radius 1 is 1.39 bits per heavy atom. The van der Waals surface area contributed by atoms with Gasteiger partial charge in [0.15, 0.2) is 11.7 Å². The number of hydrogen-bond donors (Lipinski definition) is 0. The smallest absolute Gasteiger partial charge is 0.332 e. The average Bonchev–Trinajstić information content (AvgIpc) is 2.53. The summed E-state index contributed by atoms with van der Waals surface area (Å²) in [5.41, 5.74) is -0.232. The van der Waals surface area contributed by atoms with Crippen molar-refractivity contribution in [3.05, 3.63) is 28.3 Å². The van der Waals surface area contributed by atoms with Crippen LogP contribution in [-0.4, -0.2) is 43.9 Å². The molecule has 0 radical (unpaired) electrons. The zero-order valence-electron chi connectivity index (χ0n) is 13.2. The van der Waals surface area contributed by atoms with E-state index in [1.807, 2.05) is 0 Å². The molecule has 1 rings (SSSR count). The lowest BCUT2D eigenvalue weighted by molar-refractivity contribution is -0.384. The van der Waals surface area contributed by atoms with Gasteiger partial charge >= 0.3 is 5.97 Å². The SMILES string of the molecule is CCOC(=O)C(C)N=Nc1ccc(OCCOC)cc1[N+](=O)[O-]. The summed E-state index contributed by atoms with van der Waals surface area (Å²) in [7, 11) is 1.53. The predicted octanol–water partition coefficient (Wildman–Crippen LogP) is 2.66. The van der Waals surface area contributed by atoms with Crippen LogP contribution in [0.3, 0.4) is 0 Å². The van der Waals surface area contributed by atoms with E-state index in [1.54, 1.807) is 6.92 Å². The van der Waals surface area contributed by atoms with Crippen LogP contribution in [0.4, 0.5) is 11.4 Å². The Kier molecular flexibility index (Phi) is 7.61. The number of carbonyl (C=O) groups excluding carboxylic acids is 1. The van der Waals surface area contributed by atoms with E-state index in [4.69, 9.17) is 14.2 Å². The van der Waals surface area contributed by atoms with Crippen molar-refractivity contribution in [2.45, 2.75) is 19.9 Å². The van der Waals surface area contributed by atoms with Crippen molar-refractivity contribution >= 4 is 17.3 Å². The van der Waals surface area contributed by atoms with E-state index in [1.165, 1.54) is 32.2 Å². The van der Waals surface area contributed by atoms with Crippen LogP contribution in [0, 0.1) is 10.1 Å². The lowest BCUT2D eigenvalue weighted by atomic mass is 10.2. The topological polar surface area (TPSA) is 113 Å². The fraction of sp³-hybridized carbons (Fsp3) is 0.500. The minimum absolute atomic E-state index is 0.0326. The number of nitro groups is 1. The molecule has 1 unspecified atom stereocenters. The van der Waals surface area contributed by atoms with E-state index in [0.717, 1.165) is 0 Å². The minimum Gasteiger partial charge on any atom is -0.491 e. The molecule has 9 nitrogen and oxygen atoms in total. The highest BCUT2D eigenvalue weighted by molar-refractivity contribution is 5.75. The lowest BCUT2D eigenvalue weighted by Crippen LogP contribution is -2.17. The van der Waals surface area contributed by atoms with Crippen LogP contribution in [-0.2, 0) is 14.3 Å². The highest BCUT2D eigenvalue weighted by Crippen LogP contribution is 2.31. The Morgan fingerprint density at radius 3 is 2.74 bits per heavy atom. The maximum absolute atomic E-state index is 11.4. The molecule has 0 spiro atoms. The molecule has 0 aromatic heterocycles. The molecule has 9 heteroatoms. The highest BCUT2D eigenvalue weighted by Gasteiger charge is 2.17. The van der Waals surface area contributed by atoms with Gasteiger partial charge in [0.2, 0.25) is 0 Å². The highest BCUT2D eigenvalue weighted by atomic mass is 16.6. The second kappa shape index (κ2) is 9.46. The molecule has 23 heavy (non-hydrogen) atoms. The molecule has 0 fully saturated rings. The number of methoxy groups -OCH3 is 1. The molecule has 0 heterocycles. The summed E-state index contributed by atoms with van der Waals surface area (Å²) in [6.07, 6.45) is 0. The Labute approximate surface area is 133 Å². The van der Waals surface area contributed by atoms with E-state index in [9.17, 15) is 14.9 Å². The fourth-order valence-corrected chi connectivity index (χ4v) is 1.53. The fourth-order valence-electron chi connectivity index (χ4n) is 1.53. The number of ether oxygens (including phenoxy) is 3. The molecule has 1 aromatic rings. The van der Waals surface area contributed by atoms with Crippen LogP contribution in [0.2, 0.25) is 0 Å². The molecule has 0 N–H and O–H groups in total. The third kappa shape index (κ3) is 5.99. The Bertz CT molecular complexity index is 576. The Morgan fingerprint density at radius 2 is 2.13 bits per heavy atom. The minimum atomic E-state index is -0.841. The van der Waals surface area contributed by atoms with Crippen molar-refractivity contribution in [3.8, 4) is 5.75 Å². The van der Waals surface area contributed by atoms with Gasteiger partial charge in [-0.05, 0) is 26.0 Å². The molecule has 0 amide bonds. The van der Waals surface area contributed by atoms with Crippen LogP contribution in [0.1, 0.15) is 13.8 Å². The van der Waals surface area contributed by atoms with Gasteiger partial charge in [0.1, 0.15) is 12.4 Å². The first kappa shape index (κ1) is 18.5. The maximum atomic E-state index is 11.4. The summed E-state index contributed by atoms with van der Waals surface area (Å²) in [5.74, 6) is -0.218. The molecule has 0 aliphatic heterocycles. The van der Waals surface area contributed by atoms with Crippen LogP contribution >= 0.6 is 0 Å². The maximum Gasteiger partial charge on any atom is 0.332 e. The number of rotatable bonds is 9. The number of hydrogen-bond acceptors (Lipinski definition) is 8. The summed E-state index contributed by atoms with van der Waals surface area (Å²) >= 11 is 0. The predicted molar refractivity (Wildman–Crippen MR) is 81.1 cm³/mol. The second-order valence-electron chi connectivity index (χ2n) is 4.39. The van der Waals surface area contributed by atoms with E-state index < -0.39 is 16.9 Å². The number of azo groups is 1. The summed E-state index contributed by atoms with van der Waals surface area (Å²) < 4.78 is 14.9. The van der Waals surface area contributed by atoms with E-state index in [2.05, 4.69) is 10.2 Å². The first-order chi connectivity index (χ1) is 11.0. The van der Waals surface area contributed by atoms with Crippen LogP contribution in [0.5, 0.6) is 5.75 Å². The zero-order chi connectivity index (χ0) is 17.2. The summed E-state index contributed by atoms with van der Waals surface area (Å²) in [4.78, 5) is 22.0. The number of nitrogens with zero attached hydrogens (tertiary/aromatic N) is 3. The molecule has 0 saturated carbocycles. The molecule has 0 aliphatic carbocycles. The molecule has 1 atom stereocenters. The molecular formula is C14H19N3O6. The van der Waals surface area contributed by atoms with Crippen molar-refractivity contribution in [2.75, 3.05) is 26.9 Å². The Hall–Kier alpha value is -2.55. The lowest BCUT2D eigenvalue weighted by Gasteiger charge is -2.06. The Balaban J connectivity index is 2.89. The van der Waals surface area contributed by atoms with Crippen molar-refractivity contribution in [1.29, 1.82) is 0 Å². The normalized spacial score (nSPS) is 12.1. The van der Waals surface area contributed by atoms with Gasteiger partial charge < -0.3 is 14.2 Å². The number of esters is 1. The molecule has 0 bridgehead atoms. The third-order valence-corrected chi connectivity index (χ3v) is 2.67. The van der Waals surface area contributed by atoms with E-state index in [0.29, 0.717) is 12.4 Å². The quantitative estimate of drug-likeness (QED) is 0.227. The largest absolute Gasteiger partial charge is 0.491 e. The van der Waals surface area contributed by atoms with Crippen LogP contribution in [0.25, 0.3) is 0 Å². The molecule has 0 aliphatic rings. The van der Waals surface area contributed by atoms with Gasteiger partial charge in [0.25, 0.3) is 5.69 Å². The summed E-state index contributed by atoms with van der Waals surface area (Å²) in [6.45, 7) is 4.04. The number of carbonyl (C=O) groups is 1. The van der Waals surface area contributed by atoms with Crippen LogP contribution < -0.4 is 4.74 Å². The molecule has 1 aromatic carbocycles. The van der Waals surface area contributed by atoms with E-state index in [-0.39, 0.29) is 24.6 Å². The molecule has 126 valence electrons. The van der Waals surface area contributed by atoms with Crippen molar-refractivity contribution < 1.29 is 23.9 Å². The second-order valence-corrected chi connectivity index (χ2v) is 4.39. The van der Waals surface area contributed by atoms with Gasteiger partial charge in [0, 0.05) is 7.11 Å². The number of nitro benzene ring substituents is 1. The molecule has 0 saturated heterocycles. The van der Waals surface area contributed by atoms with Gasteiger partial charge in [0.05, 0.1) is 24.2 Å². The number of benzene rings is 1. The van der Waals surface area contributed by atoms with Gasteiger partial charge in [-0.25, -0.2) is 4.79 Å². The van der Waals surface area contributed by atoms with Gasteiger partial charge in [-0.3, -0.25) is 10.1 Å². The summed E-state index contributed by atoms with van der Waals surface area (Å²) in [5, 5.41) is 18.6. The zero-order valence-corrected chi connectivity index (χ0v) is 13.2.